The summed E-state index contributed by atoms with van der Waals surface area (Å²) in [6, 6.07) is 13.0. The molecule has 4 N–H and O–H groups in total. The molecule has 0 aliphatic carbocycles. The highest BCUT2D eigenvalue weighted by atomic mass is 79.9. The number of likely N-dealkylation sites (tertiary alicyclic amines) is 2. The number of aromatic amines is 1. The van der Waals surface area contributed by atoms with E-state index in [0.717, 1.165) is 12.8 Å². The van der Waals surface area contributed by atoms with Gasteiger partial charge in [-0.2, -0.15) is 5.10 Å². The van der Waals surface area contributed by atoms with Gasteiger partial charge in [-0.15, -0.1) is 0 Å². The van der Waals surface area contributed by atoms with Crippen LogP contribution in [0.5, 0.6) is 0 Å². The van der Waals surface area contributed by atoms with Gasteiger partial charge in [-0.1, -0.05) is 24.3 Å². The third-order valence-electron chi connectivity index (χ3n) is 9.86. The number of halogens is 2. The molecule has 6 rings (SSSR count). The Labute approximate surface area is 343 Å². The highest BCUT2D eigenvalue weighted by molar-refractivity contribution is 9.10. The number of fused-ring (bicyclic) bond motifs is 1. The Morgan fingerprint density at radius 3 is 2.31 bits per heavy atom. The molecule has 2 saturated heterocycles. The van der Waals surface area contributed by atoms with Crippen molar-refractivity contribution in [2.24, 2.45) is 0 Å². The number of H-pyrrole nitrogens is 1. The van der Waals surface area contributed by atoms with Crippen LogP contribution in [0.15, 0.2) is 64.0 Å². The molecule has 0 atom stereocenters. The first kappa shape index (κ1) is 42.3. The first-order valence-electron chi connectivity index (χ1n) is 19.3. The van der Waals surface area contributed by atoms with Crippen LogP contribution in [-0.4, -0.2) is 112 Å². The van der Waals surface area contributed by atoms with Crippen LogP contribution in [0.3, 0.4) is 0 Å². The molecule has 58 heavy (non-hydrogen) atoms. The van der Waals surface area contributed by atoms with Crippen molar-refractivity contribution in [2.75, 3.05) is 51.1 Å². The summed E-state index contributed by atoms with van der Waals surface area (Å²) in [5.74, 6) is -1.73. The lowest BCUT2D eigenvalue weighted by atomic mass is 10.0. The maximum atomic E-state index is 14.7. The van der Waals surface area contributed by atoms with Crippen LogP contribution < -0.4 is 21.5 Å². The molecule has 0 spiro atoms. The van der Waals surface area contributed by atoms with Gasteiger partial charge in [0.1, 0.15) is 11.4 Å². The minimum atomic E-state index is -0.699. The summed E-state index contributed by atoms with van der Waals surface area (Å²) in [6.45, 7) is 8.13. The number of nitrogens with one attached hydrogen (secondary N) is 4. The van der Waals surface area contributed by atoms with Gasteiger partial charge in [-0.05, 0) is 92.2 Å². The van der Waals surface area contributed by atoms with Crippen molar-refractivity contribution in [3.63, 3.8) is 0 Å². The van der Waals surface area contributed by atoms with E-state index in [1.165, 1.54) is 18.3 Å². The van der Waals surface area contributed by atoms with Gasteiger partial charge in [0.25, 0.3) is 17.4 Å². The van der Waals surface area contributed by atoms with Crippen LogP contribution >= 0.6 is 15.9 Å². The molecule has 0 radical (unpaired) electrons. The van der Waals surface area contributed by atoms with Gasteiger partial charge in [-0.25, -0.2) is 19.3 Å². The fourth-order valence-corrected chi connectivity index (χ4v) is 7.36. The lowest BCUT2D eigenvalue weighted by Crippen LogP contribution is -2.46. The molecular weight excluding hydrogens is 815 g/mol. The number of aromatic nitrogens is 3. The summed E-state index contributed by atoms with van der Waals surface area (Å²) < 4.78 is 27.1. The average Bonchev–Trinajstić information content (AvgIpc) is 3.18. The molecule has 0 bridgehead atoms. The first-order valence-corrected chi connectivity index (χ1v) is 20.1. The zero-order valence-electron chi connectivity index (χ0n) is 32.7. The van der Waals surface area contributed by atoms with Crippen LogP contribution in [0.1, 0.15) is 78.6 Å². The van der Waals surface area contributed by atoms with E-state index in [1.54, 1.807) is 56.0 Å². The lowest BCUT2D eigenvalue weighted by Gasteiger charge is -2.37. The molecule has 0 unspecified atom stereocenters. The van der Waals surface area contributed by atoms with E-state index in [4.69, 9.17) is 9.47 Å². The smallest absolute Gasteiger partial charge is 0.412 e. The summed E-state index contributed by atoms with van der Waals surface area (Å²) in [4.78, 5) is 71.6. The van der Waals surface area contributed by atoms with E-state index in [1.807, 2.05) is 6.07 Å². The molecule has 2 aromatic heterocycles. The largest absolute Gasteiger partial charge is 0.444 e. The van der Waals surface area contributed by atoms with Crippen LogP contribution in [0.4, 0.5) is 14.9 Å². The Kier molecular flexibility index (Phi) is 13.9. The lowest BCUT2D eigenvalue weighted by molar-refractivity contribution is -0.123. The molecule has 15 nitrogen and oxygen atoms in total. The molecule has 4 aromatic rings. The normalized spacial score (nSPS) is 15.6. The molecule has 0 saturated carbocycles. The monoisotopic (exact) mass is 862 g/mol. The molecule has 2 fully saturated rings. The number of hydrogen-bond donors (Lipinski definition) is 4. The maximum Gasteiger partial charge on any atom is 0.412 e. The van der Waals surface area contributed by atoms with Crippen molar-refractivity contribution in [2.45, 2.75) is 70.7 Å². The van der Waals surface area contributed by atoms with Crippen molar-refractivity contribution in [1.29, 1.82) is 0 Å². The number of anilines is 1. The number of hydrogen-bond acceptors (Lipinski definition) is 10. The Bertz CT molecular complexity index is 2200. The van der Waals surface area contributed by atoms with E-state index in [0.29, 0.717) is 65.5 Å². The molecule has 2 aromatic carbocycles. The van der Waals surface area contributed by atoms with E-state index in [2.05, 4.69) is 52.0 Å². The number of carbonyl (C=O) groups excluding carboxylic acids is 4. The van der Waals surface area contributed by atoms with E-state index < -0.39 is 23.4 Å². The molecular formula is C41H48BrFN8O7. The van der Waals surface area contributed by atoms with Gasteiger partial charge >= 0.3 is 6.09 Å². The summed E-state index contributed by atoms with van der Waals surface area (Å²) in [7, 11) is 0. The Morgan fingerprint density at radius 2 is 1.60 bits per heavy atom. The van der Waals surface area contributed by atoms with Crippen LogP contribution in [0, 0.1) is 5.82 Å². The number of piperidine rings is 2. The summed E-state index contributed by atoms with van der Waals surface area (Å²) >= 11 is 3.35. The molecule has 4 amide bonds. The number of ether oxygens (including phenoxy) is 2. The maximum absolute atomic E-state index is 14.7. The third-order valence-corrected chi connectivity index (χ3v) is 10.3. The van der Waals surface area contributed by atoms with Gasteiger partial charge in [0.2, 0.25) is 5.91 Å². The van der Waals surface area contributed by atoms with Crippen molar-refractivity contribution in [3.05, 3.63) is 97.9 Å². The van der Waals surface area contributed by atoms with Crippen molar-refractivity contribution in [3.8, 4) is 0 Å². The van der Waals surface area contributed by atoms with Crippen molar-refractivity contribution < 1.29 is 33.0 Å². The highest BCUT2D eigenvalue weighted by Gasteiger charge is 2.30. The standard InChI is InChI=1S/C41H48BrFN8O7/c1-41(2,3)58-40(56)47-34-22-26(42)23-46-36(34)39(55)51-18-12-28(13-19-51)57-27-10-16-50(17-11-27)24-35(52)44-14-15-45-37(53)31-20-25(8-9-32(31)43)21-33-29-6-4-5-7-30(29)38(54)49-48-33/h4-9,20,22-23,27-28H,10-19,21,24H2,1-3H3,(H,44,52)(H,45,53)(H,47,56)(H,49,54). The fourth-order valence-electron chi connectivity index (χ4n) is 7.03. The Hall–Kier alpha value is -5.26. The predicted molar refractivity (Wildman–Crippen MR) is 218 cm³/mol. The van der Waals surface area contributed by atoms with E-state index in [-0.39, 0.29) is 72.6 Å². The SMILES string of the molecule is CC(C)(C)OC(=O)Nc1cc(Br)cnc1C(=O)N1CCC(OC2CCN(CC(=O)NCCNC(=O)c3cc(Cc4n[nH]c(=O)c5ccccc45)ccc3F)CC2)CC1. The number of nitrogens with zero attached hydrogens (tertiary/aromatic N) is 4. The second-order valence-corrected chi connectivity index (χ2v) is 16.3. The number of rotatable bonds is 12. The molecule has 2 aliphatic rings. The summed E-state index contributed by atoms with van der Waals surface area (Å²) in [5.41, 5.74) is 0.531. The predicted octanol–water partition coefficient (Wildman–Crippen LogP) is 4.79. The number of carbonyl (C=O) groups is 4. The van der Waals surface area contributed by atoms with Gasteiger partial charge in [0.05, 0.1) is 41.1 Å². The third kappa shape index (κ3) is 11.4. The van der Waals surface area contributed by atoms with Gasteiger partial charge in [-0.3, -0.25) is 29.4 Å². The zero-order valence-corrected chi connectivity index (χ0v) is 34.3. The Morgan fingerprint density at radius 1 is 0.931 bits per heavy atom. The minimum absolute atomic E-state index is 0.000306. The van der Waals surface area contributed by atoms with E-state index >= 15 is 0 Å². The topological polar surface area (TPSA) is 188 Å². The fraction of sp³-hybridized carbons (Fsp3) is 0.439. The Balaban J connectivity index is 0.880. The second kappa shape index (κ2) is 19.0. The van der Waals surface area contributed by atoms with E-state index in [9.17, 15) is 28.4 Å². The molecule has 2 aliphatic heterocycles. The molecule has 308 valence electrons. The highest BCUT2D eigenvalue weighted by Crippen LogP contribution is 2.26. The zero-order chi connectivity index (χ0) is 41.4. The van der Waals surface area contributed by atoms with Crippen LogP contribution in [0.25, 0.3) is 10.8 Å². The van der Waals surface area contributed by atoms with Crippen molar-refractivity contribution >= 4 is 56.2 Å². The quantitative estimate of drug-likeness (QED) is 0.144. The van der Waals surface area contributed by atoms with Gasteiger partial charge < -0.3 is 25.0 Å². The van der Waals surface area contributed by atoms with Gasteiger partial charge in [0.15, 0.2) is 5.69 Å². The number of amides is 4. The first-order chi connectivity index (χ1) is 27.7. The second-order valence-electron chi connectivity index (χ2n) is 15.4. The number of benzene rings is 2. The van der Waals surface area contributed by atoms with Crippen LogP contribution in [0.2, 0.25) is 0 Å². The summed E-state index contributed by atoms with van der Waals surface area (Å²) in [5, 5.41) is 16.0. The minimum Gasteiger partial charge on any atom is -0.444 e. The van der Waals surface area contributed by atoms with Crippen molar-refractivity contribution in [1.82, 2.24) is 35.6 Å². The number of pyridine rings is 1. The summed E-state index contributed by atoms with van der Waals surface area (Å²) in [6.07, 6.45) is 4.04. The average molecular weight is 864 g/mol. The van der Waals surface area contributed by atoms with Gasteiger partial charge in [0, 0.05) is 61.7 Å². The molecule has 4 heterocycles. The van der Waals surface area contributed by atoms with Crippen LogP contribution in [-0.2, 0) is 20.7 Å². The molecule has 17 heteroatoms.